The first-order valence-corrected chi connectivity index (χ1v) is 9.65. The lowest BCUT2D eigenvalue weighted by Crippen LogP contribution is -2.48. The molecular formula is C19H39IN6O. The first kappa shape index (κ1) is 26.1. The van der Waals surface area contributed by atoms with Crippen LogP contribution in [0, 0.1) is 5.92 Å². The molecule has 1 aromatic heterocycles. The molecule has 0 aliphatic rings. The SMILES string of the molecule is CCNC(=NCC(C)(O)c1cnn(C)c1)NCC(C(CC)CC)N(C)C.I. The number of nitrogens with zero attached hydrogens (tertiary/aromatic N) is 4. The molecule has 0 bridgehead atoms. The van der Waals surface area contributed by atoms with Crippen molar-refractivity contribution in [1.29, 1.82) is 0 Å². The van der Waals surface area contributed by atoms with Gasteiger partial charge in [-0.05, 0) is 33.9 Å². The van der Waals surface area contributed by atoms with Crippen molar-refractivity contribution in [3.8, 4) is 0 Å². The van der Waals surface area contributed by atoms with E-state index in [9.17, 15) is 5.11 Å². The Labute approximate surface area is 182 Å². The van der Waals surface area contributed by atoms with Crippen LogP contribution in [0.5, 0.6) is 0 Å². The number of likely N-dealkylation sites (N-methyl/N-ethyl adjacent to an activating group) is 1. The Morgan fingerprint density at radius 1 is 1.30 bits per heavy atom. The zero-order valence-corrected chi connectivity index (χ0v) is 20.3. The summed E-state index contributed by atoms with van der Waals surface area (Å²) in [6, 6.07) is 0.438. The molecule has 1 rings (SSSR count). The Kier molecular flexibility index (Phi) is 12.2. The molecule has 7 nitrogen and oxygen atoms in total. The number of aliphatic hydroxyl groups is 1. The third kappa shape index (κ3) is 8.35. The molecule has 2 unspecified atom stereocenters. The van der Waals surface area contributed by atoms with Gasteiger partial charge in [-0.2, -0.15) is 5.10 Å². The molecule has 3 N–H and O–H groups in total. The van der Waals surface area contributed by atoms with Gasteiger partial charge in [-0.3, -0.25) is 4.68 Å². The van der Waals surface area contributed by atoms with Crippen molar-refractivity contribution >= 4 is 29.9 Å². The molecular weight excluding hydrogens is 455 g/mol. The first-order valence-electron chi connectivity index (χ1n) is 9.65. The van der Waals surface area contributed by atoms with Crippen LogP contribution in [0.3, 0.4) is 0 Å². The normalized spacial score (nSPS) is 15.4. The van der Waals surface area contributed by atoms with Crippen molar-refractivity contribution in [2.75, 3.05) is 33.7 Å². The number of rotatable bonds is 10. The predicted molar refractivity (Wildman–Crippen MR) is 124 cm³/mol. The largest absolute Gasteiger partial charge is 0.383 e. The topological polar surface area (TPSA) is 77.7 Å². The average Bonchev–Trinajstić information content (AvgIpc) is 3.03. The fourth-order valence-electron chi connectivity index (χ4n) is 3.17. The van der Waals surface area contributed by atoms with E-state index in [-0.39, 0.29) is 30.5 Å². The van der Waals surface area contributed by atoms with Crippen LogP contribution in [0.2, 0.25) is 0 Å². The highest BCUT2D eigenvalue weighted by Gasteiger charge is 2.25. The minimum atomic E-state index is -1.05. The maximum atomic E-state index is 10.7. The number of guanidine groups is 1. The second kappa shape index (κ2) is 12.6. The number of aromatic nitrogens is 2. The zero-order chi connectivity index (χ0) is 19.7. The Bertz CT molecular complexity index is 554. The van der Waals surface area contributed by atoms with Crippen LogP contribution in [0.1, 0.15) is 46.1 Å². The number of hydrogen-bond acceptors (Lipinski definition) is 4. The molecule has 0 amide bonds. The van der Waals surface area contributed by atoms with Crippen LogP contribution in [-0.2, 0) is 12.6 Å². The molecule has 0 fully saturated rings. The summed E-state index contributed by atoms with van der Waals surface area (Å²) in [5.41, 5.74) is -0.282. The third-order valence-electron chi connectivity index (χ3n) is 4.95. The van der Waals surface area contributed by atoms with Gasteiger partial charge in [0.05, 0.1) is 12.7 Å². The number of nitrogens with one attached hydrogen (secondary N) is 2. The van der Waals surface area contributed by atoms with Gasteiger partial charge in [0.2, 0.25) is 0 Å². The molecule has 27 heavy (non-hydrogen) atoms. The maximum Gasteiger partial charge on any atom is 0.191 e. The molecule has 0 aliphatic carbocycles. The maximum absolute atomic E-state index is 10.7. The molecule has 1 aromatic rings. The van der Waals surface area contributed by atoms with Gasteiger partial charge in [0.25, 0.3) is 0 Å². The minimum absolute atomic E-state index is 0. The highest BCUT2D eigenvalue weighted by atomic mass is 127. The molecule has 0 aromatic carbocycles. The molecule has 0 saturated carbocycles. The summed E-state index contributed by atoms with van der Waals surface area (Å²) < 4.78 is 1.69. The fraction of sp³-hybridized carbons (Fsp3) is 0.789. The van der Waals surface area contributed by atoms with E-state index in [0.717, 1.165) is 37.5 Å². The quantitative estimate of drug-likeness (QED) is 0.264. The summed E-state index contributed by atoms with van der Waals surface area (Å²) in [6.45, 7) is 10.2. The third-order valence-corrected chi connectivity index (χ3v) is 4.95. The highest BCUT2D eigenvalue weighted by Crippen LogP contribution is 2.20. The van der Waals surface area contributed by atoms with E-state index in [2.05, 4.69) is 53.6 Å². The van der Waals surface area contributed by atoms with Gasteiger partial charge in [-0.15, -0.1) is 24.0 Å². The summed E-state index contributed by atoms with van der Waals surface area (Å²) in [7, 11) is 6.09. The summed E-state index contributed by atoms with van der Waals surface area (Å²) in [5.74, 6) is 1.37. The molecule has 0 saturated heterocycles. The molecule has 0 aliphatic heterocycles. The lowest BCUT2D eigenvalue weighted by molar-refractivity contribution is 0.0671. The number of halogens is 1. The second-order valence-corrected chi connectivity index (χ2v) is 7.36. The molecule has 0 spiro atoms. The van der Waals surface area contributed by atoms with E-state index in [1.807, 2.05) is 20.2 Å². The van der Waals surface area contributed by atoms with E-state index >= 15 is 0 Å². The van der Waals surface area contributed by atoms with Gasteiger partial charge in [0.1, 0.15) is 5.60 Å². The van der Waals surface area contributed by atoms with Crippen LogP contribution < -0.4 is 10.6 Å². The van der Waals surface area contributed by atoms with Gasteiger partial charge in [-0.25, -0.2) is 4.99 Å². The Morgan fingerprint density at radius 2 is 1.93 bits per heavy atom. The van der Waals surface area contributed by atoms with Crippen molar-refractivity contribution in [3.63, 3.8) is 0 Å². The molecule has 8 heteroatoms. The van der Waals surface area contributed by atoms with E-state index in [4.69, 9.17) is 0 Å². The number of aryl methyl sites for hydroxylation is 1. The minimum Gasteiger partial charge on any atom is -0.383 e. The van der Waals surface area contributed by atoms with Crippen molar-refractivity contribution < 1.29 is 5.11 Å². The van der Waals surface area contributed by atoms with E-state index in [1.54, 1.807) is 17.8 Å². The smallest absolute Gasteiger partial charge is 0.191 e. The highest BCUT2D eigenvalue weighted by molar-refractivity contribution is 14.0. The Balaban J connectivity index is 0.00000676. The molecule has 0 radical (unpaired) electrons. The van der Waals surface area contributed by atoms with Gasteiger partial charge in [-0.1, -0.05) is 26.7 Å². The van der Waals surface area contributed by atoms with Crippen molar-refractivity contribution in [3.05, 3.63) is 18.0 Å². The van der Waals surface area contributed by atoms with Crippen molar-refractivity contribution in [2.45, 2.75) is 52.2 Å². The van der Waals surface area contributed by atoms with E-state index in [1.165, 1.54) is 0 Å². The summed E-state index contributed by atoms with van der Waals surface area (Å²) in [4.78, 5) is 6.88. The summed E-state index contributed by atoms with van der Waals surface area (Å²) in [6.07, 6.45) is 5.82. The second-order valence-electron chi connectivity index (χ2n) is 7.36. The van der Waals surface area contributed by atoms with Crippen LogP contribution in [0.25, 0.3) is 0 Å². The summed E-state index contributed by atoms with van der Waals surface area (Å²) >= 11 is 0. The first-order chi connectivity index (χ1) is 12.2. The summed E-state index contributed by atoms with van der Waals surface area (Å²) in [5, 5.41) is 21.6. The molecule has 158 valence electrons. The van der Waals surface area contributed by atoms with E-state index in [0.29, 0.717) is 12.0 Å². The number of aliphatic imine (C=N–C) groups is 1. The van der Waals surface area contributed by atoms with Crippen molar-refractivity contribution in [1.82, 2.24) is 25.3 Å². The van der Waals surface area contributed by atoms with Gasteiger partial charge >= 0.3 is 0 Å². The van der Waals surface area contributed by atoms with Crippen molar-refractivity contribution in [2.24, 2.45) is 18.0 Å². The van der Waals surface area contributed by atoms with Gasteiger partial charge in [0.15, 0.2) is 5.96 Å². The Hall–Kier alpha value is -0.870. The van der Waals surface area contributed by atoms with E-state index < -0.39 is 5.60 Å². The van der Waals surface area contributed by atoms with Crippen LogP contribution in [-0.4, -0.2) is 65.5 Å². The standard InChI is InChI=1S/C19H38N6O.HI/c1-8-15(9-2)17(24(5)6)12-21-18(20-10-3)22-14-19(4,26)16-11-23-25(7)13-16;/h11,13,15,17,26H,8-10,12,14H2,1-7H3,(H2,20,21,22);1H. The average molecular weight is 494 g/mol. The lowest BCUT2D eigenvalue weighted by atomic mass is 9.93. The Morgan fingerprint density at radius 3 is 2.37 bits per heavy atom. The predicted octanol–water partition coefficient (Wildman–Crippen LogP) is 2.17. The molecule has 2 atom stereocenters. The fourth-order valence-corrected chi connectivity index (χ4v) is 3.17. The monoisotopic (exact) mass is 494 g/mol. The van der Waals surface area contributed by atoms with Crippen LogP contribution in [0.15, 0.2) is 17.4 Å². The van der Waals surface area contributed by atoms with Gasteiger partial charge in [0, 0.05) is 37.9 Å². The number of hydrogen-bond donors (Lipinski definition) is 3. The van der Waals surface area contributed by atoms with Crippen LogP contribution in [0.4, 0.5) is 0 Å². The van der Waals surface area contributed by atoms with Crippen LogP contribution >= 0.6 is 24.0 Å². The molecule has 1 heterocycles. The lowest BCUT2D eigenvalue weighted by Gasteiger charge is -2.32. The van der Waals surface area contributed by atoms with Gasteiger partial charge < -0.3 is 20.6 Å². The zero-order valence-electron chi connectivity index (χ0n) is 18.0.